The second-order valence-corrected chi connectivity index (χ2v) is 3.66. The summed E-state index contributed by atoms with van der Waals surface area (Å²) in [6, 6.07) is 0.644. The molecule has 0 aliphatic rings. The number of hydrogen-bond donors (Lipinski definition) is 1. The lowest BCUT2D eigenvalue weighted by atomic mass is 10.1. The molecule has 0 bridgehead atoms. The summed E-state index contributed by atoms with van der Waals surface area (Å²) in [6.45, 7) is 0.722. The summed E-state index contributed by atoms with van der Waals surface area (Å²) in [4.78, 5) is 14.7. The standard InChI is InChI=1S/C11H11F5N2O3/c1-2-20-10(19)7-6(8(12)13)3-5(4-17)9(18-7)21-11(14,15)16/h3,8H,2,4,17H2,1H3. The summed E-state index contributed by atoms with van der Waals surface area (Å²) in [5.74, 6) is -2.33. The van der Waals surface area contributed by atoms with Gasteiger partial charge in [-0.05, 0) is 13.0 Å². The van der Waals surface area contributed by atoms with Crippen LogP contribution in [0.25, 0.3) is 0 Å². The van der Waals surface area contributed by atoms with Crippen molar-refractivity contribution in [1.29, 1.82) is 0 Å². The number of pyridine rings is 1. The number of nitrogens with two attached hydrogens (primary N) is 1. The van der Waals surface area contributed by atoms with Crippen molar-refractivity contribution in [1.82, 2.24) is 4.98 Å². The molecule has 118 valence electrons. The lowest BCUT2D eigenvalue weighted by Gasteiger charge is -2.15. The van der Waals surface area contributed by atoms with Gasteiger partial charge in [-0.25, -0.2) is 18.6 Å². The Balaban J connectivity index is 3.38. The van der Waals surface area contributed by atoms with E-state index >= 15 is 0 Å². The molecule has 1 aromatic rings. The van der Waals surface area contributed by atoms with Crippen molar-refractivity contribution in [2.75, 3.05) is 6.61 Å². The van der Waals surface area contributed by atoms with Crippen LogP contribution in [-0.2, 0) is 11.3 Å². The number of esters is 1. The molecule has 1 rings (SSSR count). The van der Waals surface area contributed by atoms with Crippen LogP contribution in [0.5, 0.6) is 5.88 Å². The van der Waals surface area contributed by atoms with E-state index in [9.17, 15) is 26.7 Å². The van der Waals surface area contributed by atoms with E-state index in [0.29, 0.717) is 6.07 Å². The van der Waals surface area contributed by atoms with Crippen LogP contribution in [0.15, 0.2) is 6.07 Å². The Labute approximate surface area is 115 Å². The van der Waals surface area contributed by atoms with Gasteiger partial charge < -0.3 is 15.2 Å². The zero-order valence-corrected chi connectivity index (χ0v) is 10.7. The van der Waals surface area contributed by atoms with Gasteiger partial charge in [0.25, 0.3) is 6.43 Å². The third kappa shape index (κ3) is 4.52. The predicted molar refractivity (Wildman–Crippen MR) is 59.7 cm³/mol. The van der Waals surface area contributed by atoms with E-state index < -0.39 is 48.0 Å². The summed E-state index contributed by atoms with van der Waals surface area (Å²) in [5.41, 5.74) is 2.95. The summed E-state index contributed by atoms with van der Waals surface area (Å²) in [7, 11) is 0. The molecule has 0 saturated heterocycles. The summed E-state index contributed by atoms with van der Waals surface area (Å²) < 4.78 is 70.5. The van der Waals surface area contributed by atoms with Crippen LogP contribution in [0.1, 0.15) is 35.0 Å². The molecule has 0 aliphatic carbocycles. The highest BCUT2D eigenvalue weighted by molar-refractivity contribution is 5.89. The number of halogens is 5. The fourth-order valence-corrected chi connectivity index (χ4v) is 1.43. The molecule has 0 atom stereocenters. The maximum Gasteiger partial charge on any atom is 0.574 e. The lowest BCUT2D eigenvalue weighted by Crippen LogP contribution is -2.22. The molecule has 0 amide bonds. The zero-order valence-electron chi connectivity index (χ0n) is 10.7. The van der Waals surface area contributed by atoms with Gasteiger partial charge >= 0.3 is 12.3 Å². The number of carbonyl (C=O) groups excluding carboxylic acids is 1. The first-order valence-corrected chi connectivity index (χ1v) is 5.64. The van der Waals surface area contributed by atoms with Crippen molar-refractivity contribution < 1.29 is 36.2 Å². The van der Waals surface area contributed by atoms with Crippen LogP contribution in [-0.4, -0.2) is 23.9 Å². The van der Waals surface area contributed by atoms with Crippen molar-refractivity contribution in [2.45, 2.75) is 26.3 Å². The third-order valence-electron chi connectivity index (χ3n) is 2.23. The highest BCUT2D eigenvalue weighted by atomic mass is 19.4. The van der Waals surface area contributed by atoms with Gasteiger partial charge in [0.15, 0.2) is 5.69 Å². The van der Waals surface area contributed by atoms with E-state index in [2.05, 4.69) is 14.5 Å². The molecule has 0 saturated carbocycles. The van der Waals surface area contributed by atoms with Crippen molar-refractivity contribution in [3.8, 4) is 5.88 Å². The normalized spacial score (nSPS) is 11.6. The Bertz CT molecular complexity index is 519. The van der Waals surface area contributed by atoms with E-state index in [4.69, 9.17) is 5.73 Å². The van der Waals surface area contributed by atoms with Crippen LogP contribution in [0.2, 0.25) is 0 Å². The maximum atomic E-state index is 12.9. The maximum absolute atomic E-state index is 12.9. The largest absolute Gasteiger partial charge is 0.574 e. The van der Waals surface area contributed by atoms with Gasteiger partial charge in [-0.15, -0.1) is 13.2 Å². The number of carbonyl (C=O) groups is 1. The highest BCUT2D eigenvalue weighted by Gasteiger charge is 2.34. The molecule has 0 fully saturated rings. The molecule has 0 radical (unpaired) electrons. The SMILES string of the molecule is CCOC(=O)c1nc(OC(F)(F)F)c(CN)cc1C(F)F. The smallest absolute Gasteiger partial charge is 0.461 e. The van der Waals surface area contributed by atoms with Gasteiger partial charge in [0, 0.05) is 12.1 Å². The van der Waals surface area contributed by atoms with Crippen LogP contribution >= 0.6 is 0 Å². The van der Waals surface area contributed by atoms with Crippen LogP contribution in [0, 0.1) is 0 Å². The third-order valence-corrected chi connectivity index (χ3v) is 2.23. The van der Waals surface area contributed by atoms with Gasteiger partial charge in [0.1, 0.15) is 0 Å². The Morgan fingerprint density at radius 3 is 2.48 bits per heavy atom. The van der Waals surface area contributed by atoms with E-state index in [1.165, 1.54) is 6.92 Å². The number of rotatable bonds is 5. The summed E-state index contributed by atoms with van der Waals surface area (Å²) >= 11 is 0. The minimum absolute atomic E-state index is 0.155. The first-order valence-electron chi connectivity index (χ1n) is 5.64. The Hall–Kier alpha value is -1.97. The molecule has 2 N–H and O–H groups in total. The molecule has 10 heteroatoms. The minimum atomic E-state index is -5.10. The summed E-state index contributed by atoms with van der Waals surface area (Å²) in [6.07, 6.45) is -8.24. The fraction of sp³-hybridized carbons (Fsp3) is 0.455. The first kappa shape index (κ1) is 17.1. The van der Waals surface area contributed by atoms with Gasteiger partial charge in [-0.3, -0.25) is 0 Å². The number of aromatic nitrogens is 1. The Kier molecular flexibility index (Phi) is 5.41. The zero-order chi connectivity index (χ0) is 16.2. The highest BCUT2D eigenvalue weighted by Crippen LogP contribution is 2.30. The molecule has 21 heavy (non-hydrogen) atoms. The van der Waals surface area contributed by atoms with Crippen molar-refractivity contribution in [2.24, 2.45) is 5.73 Å². The van der Waals surface area contributed by atoms with Crippen LogP contribution in [0.4, 0.5) is 22.0 Å². The predicted octanol–water partition coefficient (Wildman–Crippen LogP) is 2.55. The number of alkyl halides is 5. The second-order valence-electron chi connectivity index (χ2n) is 3.66. The fourth-order valence-electron chi connectivity index (χ4n) is 1.43. The number of ether oxygens (including phenoxy) is 2. The molecular formula is C11H11F5N2O3. The van der Waals surface area contributed by atoms with E-state index in [0.717, 1.165) is 0 Å². The van der Waals surface area contributed by atoms with Gasteiger partial charge in [-0.1, -0.05) is 0 Å². The van der Waals surface area contributed by atoms with Crippen molar-refractivity contribution in [3.05, 3.63) is 22.9 Å². The monoisotopic (exact) mass is 314 g/mol. The number of nitrogens with zero attached hydrogens (tertiary/aromatic N) is 1. The molecule has 1 aromatic heterocycles. The molecular weight excluding hydrogens is 303 g/mol. The van der Waals surface area contributed by atoms with Crippen LogP contribution < -0.4 is 10.5 Å². The lowest BCUT2D eigenvalue weighted by molar-refractivity contribution is -0.276. The van der Waals surface area contributed by atoms with Gasteiger partial charge in [0.2, 0.25) is 5.88 Å². The quantitative estimate of drug-likeness (QED) is 0.668. The topological polar surface area (TPSA) is 74.4 Å². The van der Waals surface area contributed by atoms with E-state index in [1.807, 2.05) is 0 Å². The second kappa shape index (κ2) is 6.66. The van der Waals surface area contributed by atoms with E-state index in [1.54, 1.807) is 0 Å². The molecule has 0 aromatic carbocycles. The first-order chi connectivity index (χ1) is 9.69. The Morgan fingerprint density at radius 1 is 1.43 bits per heavy atom. The Morgan fingerprint density at radius 2 is 2.05 bits per heavy atom. The molecule has 1 heterocycles. The average Bonchev–Trinajstić information content (AvgIpc) is 2.36. The molecule has 5 nitrogen and oxygen atoms in total. The minimum Gasteiger partial charge on any atom is -0.461 e. The number of hydrogen-bond acceptors (Lipinski definition) is 5. The van der Waals surface area contributed by atoms with Crippen molar-refractivity contribution >= 4 is 5.97 Å². The van der Waals surface area contributed by atoms with Gasteiger partial charge in [-0.2, -0.15) is 0 Å². The van der Waals surface area contributed by atoms with E-state index in [-0.39, 0.29) is 6.61 Å². The molecule has 0 spiro atoms. The summed E-state index contributed by atoms with van der Waals surface area (Å²) in [5, 5.41) is 0. The average molecular weight is 314 g/mol. The molecule has 0 aliphatic heterocycles. The van der Waals surface area contributed by atoms with Gasteiger partial charge in [0.05, 0.1) is 12.2 Å². The van der Waals surface area contributed by atoms with Crippen LogP contribution in [0.3, 0.4) is 0 Å². The van der Waals surface area contributed by atoms with Crippen molar-refractivity contribution in [3.63, 3.8) is 0 Å². The molecule has 0 unspecified atom stereocenters.